The predicted octanol–water partition coefficient (Wildman–Crippen LogP) is 0.571. The molecule has 0 heterocycles. The Bertz CT molecular complexity index is 485. The summed E-state index contributed by atoms with van der Waals surface area (Å²) in [5.74, 6) is -1.05. The molecule has 1 aromatic carbocycles. The molecule has 0 aliphatic carbocycles. The van der Waals surface area contributed by atoms with E-state index in [0.717, 1.165) is 0 Å². The molecule has 7 nitrogen and oxygen atoms in total. The topological polar surface area (TPSA) is 108 Å². The van der Waals surface area contributed by atoms with Crippen molar-refractivity contribution in [3.63, 3.8) is 0 Å². The van der Waals surface area contributed by atoms with E-state index in [1.54, 1.807) is 24.3 Å². The summed E-state index contributed by atoms with van der Waals surface area (Å²) in [6, 6.07) is 6.15. The fraction of sp³-hybridized carbons (Fsp3) is 0.308. The summed E-state index contributed by atoms with van der Waals surface area (Å²) in [4.78, 5) is 32.6. The smallest absolute Gasteiger partial charge is 0.319 e. The van der Waals surface area contributed by atoms with Gasteiger partial charge in [0.25, 0.3) is 0 Å². The van der Waals surface area contributed by atoms with Crippen molar-refractivity contribution in [2.45, 2.75) is 13.3 Å². The summed E-state index contributed by atoms with van der Waals surface area (Å²) in [7, 11) is 0. The largest absolute Gasteiger partial charge is 0.481 e. The molecule has 20 heavy (non-hydrogen) atoms. The van der Waals surface area contributed by atoms with E-state index in [2.05, 4.69) is 16.0 Å². The Kier molecular flexibility index (Phi) is 6.02. The van der Waals surface area contributed by atoms with Gasteiger partial charge in [-0.3, -0.25) is 9.59 Å². The van der Waals surface area contributed by atoms with Gasteiger partial charge in [-0.1, -0.05) is 12.1 Å². The molecule has 0 unspecified atom stereocenters. The third-order valence-electron chi connectivity index (χ3n) is 2.35. The maximum atomic E-state index is 11.5. The average molecular weight is 279 g/mol. The standard InChI is InChI=1S/C13H17N3O4/c1-9(17)14-6-7-15-13(20)16-11-4-2-10(3-5-11)8-12(18)19/h2-5H,6-8H2,1H3,(H,14,17)(H,18,19)(H2,15,16,20). The summed E-state index contributed by atoms with van der Waals surface area (Å²) >= 11 is 0. The van der Waals surface area contributed by atoms with Crippen LogP contribution < -0.4 is 16.0 Å². The van der Waals surface area contributed by atoms with Crippen molar-refractivity contribution in [1.29, 1.82) is 0 Å². The molecule has 0 bridgehead atoms. The highest BCUT2D eigenvalue weighted by atomic mass is 16.4. The molecule has 0 saturated carbocycles. The Morgan fingerprint density at radius 3 is 2.20 bits per heavy atom. The Hall–Kier alpha value is -2.57. The zero-order valence-electron chi connectivity index (χ0n) is 11.1. The van der Waals surface area contributed by atoms with Gasteiger partial charge >= 0.3 is 12.0 Å². The minimum absolute atomic E-state index is 0.0524. The van der Waals surface area contributed by atoms with Crippen LogP contribution in [0.3, 0.4) is 0 Å². The molecule has 0 radical (unpaired) electrons. The van der Waals surface area contributed by atoms with Gasteiger partial charge < -0.3 is 21.1 Å². The van der Waals surface area contributed by atoms with Crippen molar-refractivity contribution in [3.8, 4) is 0 Å². The third-order valence-corrected chi connectivity index (χ3v) is 2.35. The number of hydrogen-bond acceptors (Lipinski definition) is 3. The molecule has 0 aliphatic rings. The highest BCUT2D eigenvalue weighted by molar-refractivity contribution is 5.89. The van der Waals surface area contributed by atoms with Gasteiger partial charge in [-0.2, -0.15) is 0 Å². The second kappa shape index (κ2) is 7.78. The number of amides is 3. The molecule has 7 heteroatoms. The highest BCUT2D eigenvalue weighted by Crippen LogP contribution is 2.09. The van der Waals surface area contributed by atoms with E-state index < -0.39 is 5.97 Å². The zero-order valence-corrected chi connectivity index (χ0v) is 11.1. The van der Waals surface area contributed by atoms with Crippen LogP contribution in [-0.4, -0.2) is 36.1 Å². The van der Waals surface area contributed by atoms with Crippen LogP contribution in [0.15, 0.2) is 24.3 Å². The van der Waals surface area contributed by atoms with E-state index in [4.69, 9.17) is 5.11 Å². The summed E-state index contributed by atoms with van der Waals surface area (Å²) in [6.45, 7) is 2.08. The summed E-state index contributed by atoms with van der Waals surface area (Å²) in [6.07, 6.45) is -0.0524. The van der Waals surface area contributed by atoms with Crippen molar-refractivity contribution >= 4 is 23.6 Å². The zero-order chi connectivity index (χ0) is 15.0. The van der Waals surface area contributed by atoms with Crippen molar-refractivity contribution in [2.24, 2.45) is 0 Å². The van der Waals surface area contributed by atoms with Crippen LogP contribution in [0.5, 0.6) is 0 Å². The molecular formula is C13H17N3O4. The lowest BCUT2D eigenvalue weighted by Gasteiger charge is -2.08. The Labute approximate surface area is 116 Å². The lowest BCUT2D eigenvalue weighted by atomic mass is 10.1. The van der Waals surface area contributed by atoms with E-state index >= 15 is 0 Å². The quantitative estimate of drug-likeness (QED) is 0.571. The van der Waals surface area contributed by atoms with E-state index in [9.17, 15) is 14.4 Å². The lowest BCUT2D eigenvalue weighted by molar-refractivity contribution is -0.136. The van der Waals surface area contributed by atoms with Crippen molar-refractivity contribution in [3.05, 3.63) is 29.8 Å². The first-order chi connectivity index (χ1) is 9.47. The second-order valence-corrected chi connectivity index (χ2v) is 4.13. The van der Waals surface area contributed by atoms with Gasteiger partial charge in [0, 0.05) is 25.7 Å². The fourth-order valence-electron chi connectivity index (χ4n) is 1.47. The minimum atomic E-state index is -0.901. The number of hydrogen-bond donors (Lipinski definition) is 4. The number of carbonyl (C=O) groups excluding carboxylic acids is 2. The van der Waals surface area contributed by atoms with Crippen LogP contribution in [0.1, 0.15) is 12.5 Å². The SMILES string of the molecule is CC(=O)NCCNC(=O)Nc1ccc(CC(=O)O)cc1. The fourth-order valence-corrected chi connectivity index (χ4v) is 1.47. The van der Waals surface area contributed by atoms with Gasteiger partial charge in [-0.25, -0.2) is 4.79 Å². The van der Waals surface area contributed by atoms with Gasteiger partial charge in [0.1, 0.15) is 0 Å². The van der Waals surface area contributed by atoms with Gasteiger partial charge in [0.2, 0.25) is 5.91 Å². The number of carbonyl (C=O) groups is 3. The molecule has 0 fully saturated rings. The number of benzene rings is 1. The molecule has 3 amide bonds. The molecule has 0 spiro atoms. The van der Waals surface area contributed by atoms with Crippen LogP contribution in [0.25, 0.3) is 0 Å². The molecule has 4 N–H and O–H groups in total. The molecule has 1 aromatic rings. The number of carboxylic acid groups (broad SMARTS) is 1. The minimum Gasteiger partial charge on any atom is -0.481 e. The van der Waals surface area contributed by atoms with E-state index in [1.807, 2.05) is 0 Å². The Balaban J connectivity index is 2.34. The van der Waals surface area contributed by atoms with Crippen molar-refractivity contribution < 1.29 is 19.5 Å². The Morgan fingerprint density at radius 2 is 1.65 bits per heavy atom. The maximum absolute atomic E-state index is 11.5. The average Bonchev–Trinajstić information content (AvgIpc) is 2.36. The maximum Gasteiger partial charge on any atom is 0.319 e. The van der Waals surface area contributed by atoms with Crippen LogP contribution in [-0.2, 0) is 16.0 Å². The third kappa shape index (κ3) is 6.39. The second-order valence-electron chi connectivity index (χ2n) is 4.13. The first kappa shape index (κ1) is 15.5. The van der Waals surface area contributed by atoms with Crippen LogP contribution >= 0.6 is 0 Å². The van der Waals surface area contributed by atoms with Gasteiger partial charge in [0.05, 0.1) is 6.42 Å². The Morgan fingerprint density at radius 1 is 1.05 bits per heavy atom. The van der Waals surface area contributed by atoms with E-state index in [-0.39, 0.29) is 18.4 Å². The van der Waals surface area contributed by atoms with Gasteiger partial charge in [-0.05, 0) is 17.7 Å². The van der Waals surface area contributed by atoms with Crippen molar-refractivity contribution in [1.82, 2.24) is 10.6 Å². The van der Waals surface area contributed by atoms with Crippen molar-refractivity contribution in [2.75, 3.05) is 18.4 Å². The summed E-state index contributed by atoms with van der Waals surface area (Å²) < 4.78 is 0. The summed E-state index contributed by atoms with van der Waals surface area (Å²) in [5.41, 5.74) is 1.23. The van der Waals surface area contributed by atoms with Gasteiger partial charge in [0.15, 0.2) is 0 Å². The number of nitrogens with one attached hydrogen (secondary N) is 3. The number of carboxylic acids is 1. The molecule has 0 atom stereocenters. The van der Waals surface area contributed by atoms with Gasteiger partial charge in [-0.15, -0.1) is 0 Å². The number of urea groups is 1. The molecule has 0 aliphatic heterocycles. The summed E-state index contributed by atoms with van der Waals surface area (Å²) in [5, 5.41) is 16.4. The molecular weight excluding hydrogens is 262 g/mol. The first-order valence-electron chi connectivity index (χ1n) is 6.07. The monoisotopic (exact) mass is 279 g/mol. The van der Waals surface area contributed by atoms with Crippen LogP contribution in [0, 0.1) is 0 Å². The van der Waals surface area contributed by atoms with E-state index in [0.29, 0.717) is 24.3 Å². The molecule has 0 aromatic heterocycles. The molecule has 1 rings (SSSR count). The number of rotatable bonds is 6. The number of aliphatic carboxylic acids is 1. The number of anilines is 1. The van der Waals surface area contributed by atoms with Crippen LogP contribution in [0.2, 0.25) is 0 Å². The first-order valence-corrected chi connectivity index (χ1v) is 6.07. The molecule has 108 valence electrons. The highest BCUT2D eigenvalue weighted by Gasteiger charge is 2.03. The van der Waals surface area contributed by atoms with Crippen LogP contribution in [0.4, 0.5) is 10.5 Å². The predicted molar refractivity (Wildman–Crippen MR) is 73.5 cm³/mol. The lowest BCUT2D eigenvalue weighted by Crippen LogP contribution is -2.36. The normalized spacial score (nSPS) is 9.65. The molecule has 0 saturated heterocycles. The van der Waals surface area contributed by atoms with E-state index in [1.165, 1.54) is 6.92 Å².